The van der Waals surface area contributed by atoms with Gasteiger partial charge < -0.3 is 10.6 Å². The Balaban J connectivity index is 1.89. The number of guanidine groups is 1. The van der Waals surface area contributed by atoms with Crippen LogP contribution in [-0.4, -0.2) is 29.2 Å². The Kier molecular flexibility index (Phi) is 5.44. The normalized spacial score (nSPS) is 18.2. The fraction of sp³-hybridized carbons (Fsp3) is 0.733. The number of aromatic amines is 1. The molecule has 0 atom stereocenters. The molecule has 5 nitrogen and oxygen atoms in total. The first kappa shape index (κ1) is 14.9. The minimum atomic E-state index is 0.476. The van der Waals surface area contributed by atoms with Crippen LogP contribution in [0.25, 0.3) is 0 Å². The number of aliphatic imine (C=N–C) groups is 1. The van der Waals surface area contributed by atoms with Crippen molar-refractivity contribution in [3.05, 3.63) is 18.0 Å². The first-order valence-corrected chi connectivity index (χ1v) is 7.78. The molecule has 0 spiro atoms. The smallest absolute Gasteiger partial charge is 0.191 e. The number of nitrogens with zero attached hydrogens (tertiary/aromatic N) is 2. The molecule has 112 valence electrons. The summed E-state index contributed by atoms with van der Waals surface area (Å²) in [7, 11) is 0. The average molecular weight is 277 g/mol. The van der Waals surface area contributed by atoms with Crippen molar-refractivity contribution in [2.45, 2.75) is 52.5 Å². The Bertz CT molecular complexity index is 404. The second kappa shape index (κ2) is 7.31. The third kappa shape index (κ3) is 3.99. The lowest BCUT2D eigenvalue weighted by Crippen LogP contribution is -2.42. The maximum absolute atomic E-state index is 4.61. The van der Waals surface area contributed by atoms with Gasteiger partial charge >= 0.3 is 0 Å². The zero-order chi connectivity index (χ0) is 14.3. The van der Waals surface area contributed by atoms with Gasteiger partial charge in [-0.2, -0.15) is 5.10 Å². The summed E-state index contributed by atoms with van der Waals surface area (Å²) in [5.41, 5.74) is 1.51. The van der Waals surface area contributed by atoms with E-state index in [-0.39, 0.29) is 0 Å². The second-order valence-corrected chi connectivity index (χ2v) is 5.69. The lowest BCUT2D eigenvalue weighted by Gasteiger charge is -2.28. The summed E-state index contributed by atoms with van der Waals surface area (Å²) in [6.07, 6.45) is 8.44. The van der Waals surface area contributed by atoms with Gasteiger partial charge in [0, 0.05) is 19.3 Å². The number of hydrogen-bond acceptors (Lipinski definition) is 2. The minimum Gasteiger partial charge on any atom is -0.357 e. The molecule has 20 heavy (non-hydrogen) atoms. The average Bonchev–Trinajstić information content (AvgIpc) is 3.14. The van der Waals surface area contributed by atoms with Gasteiger partial charge in [0.2, 0.25) is 0 Å². The zero-order valence-electron chi connectivity index (χ0n) is 12.7. The highest BCUT2D eigenvalue weighted by Gasteiger charge is 2.31. The van der Waals surface area contributed by atoms with Crippen LogP contribution in [-0.2, 0) is 6.54 Å². The molecule has 1 aromatic heterocycles. The molecule has 1 aliphatic carbocycles. The first-order valence-electron chi connectivity index (χ1n) is 7.78. The number of nitrogens with one attached hydrogen (secondary N) is 3. The van der Waals surface area contributed by atoms with Gasteiger partial charge in [0.1, 0.15) is 0 Å². The molecule has 0 amide bonds. The van der Waals surface area contributed by atoms with E-state index in [1.54, 1.807) is 6.20 Å². The summed E-state index contributed by atoms with van der Waals surface area (Å²) in [6.45, 7) is 6.95. The Morgan fingerprint density at radius 1 is 1.35 bits per heavy atom. The standard InChI is InChI=1S/C15H27N5/c1-3-15(8-5-6-9-15)12-18-14(16-4-2)17-11-13-7-10-19-20-13/h7,10H,3-6,8-9,11-12H2,1-2H3,(H,19,20)(H2,16,17,18). The maximum Gasteiger partial charge on any atom is 0.191 e. The van der Waals surface area contributed by atoms with E-state index in [9.17, 15) is 0 Å². The Labute approximate surface area is 121 Å². The van der Waals surface area contributed by atoms with Gasteiger partial charge in [-0.15, -0.1) is 0 Å². The maximum atomic E-state index is 4.61. The Hall–Kier alpha value is -1.52. The molecule has 0 radical (unpaired) electrons. The Morgan fingerprint density at radius 2 is 2.15 bits per heavy atom. The van der Waals surface area contributed by atoms with Gasteiger partial charge in [-0.1, -0.05) is 19.8 Å². The van der Waals surface area contributed by atoms with Crippen molar-refractivity contribution < 1.29 is 0 Å². The highest BCUT2D eigenvalue weighted by Crippen LogP contribution is 2.40. The van der Waals surface area contributed by atoms with Crippen molar-refractivity contribution in [1.82, 2.24) is 20.8 Å². The molecular formula is C15H27N5. The Morgan fingerprint density at radius 3 is 2.75 bits per heavy atom. The highest BCUT2D eigenvalue weighted by atomic mass is 15.2. The van der Waals surface area contributed by atoms with E-state index in [0.29, 0.717) is 12.0 Å². The largest absolute Gasteiger partial charge is 0.357 e. The molecule has 3 N–H and O–H groups in total. The SMILES string of the molecule is CCNC(=NCc1ccn[nH]1)NCC1(CC)CCCC1. The van der Waals surface area contributed by atoms with Crippen molar-refractivity contribution in [1.29, 1.82) is 0 Å². The molecule has 5 heteroatoms. The topological polar surface area (TPSA) is 65.1 Å². The van der Waals surface area contributed by atoms with Crippen LogP contribution in [0.2, 0.25) is 0 Å². The molecule has 2 rings (SSSR count). The van der Waals surface area contributed by atoms with E-state index in [1.165, 1.54) is 32.1 Å². The van der Waals surface area contributed by atoms with Gasteiger partial charge in [-0.05, 0) is 37.7 Å². The third-order valence-corrected chi connectivity index (χ3v) is 4.36. The van der Waals surface area contributed by atoms with Crippen LogP contribution in [0.15, 0.2) is 17.3 Å². The van der Waals surface area contributed by atoms with Crippen molar-refractivity contribution in [2.75, 3.05) is 13.1 Å². The van der Waals surface area contributed by atoms with Gasteiger partial charge in [0.25, 0.3) is 0 Å². The van der Waals surface area contributed by atoms with Crippen LogP contribution < -0.4 is 10.6 Å². The zero-order valence-corrected chi connectivity index (χ0v) is 12.7. The monoisotopic (exact) mass is 277 g/mol. The molecule has 1 aliphatic rings. The van der Waals surface area contributed by atoms with Crippen molar-refractivity contribution >= 4 is 5.96 Å². The third-order valence-electron chi connectivity index (χ3n) is 4.36. The molecule has 1 heterocycles. The number of aromatic nitrogens is 2. The van der Waals surface area contributed by atoms with Crippen LogP contribution in [0.5, 0.6) is 0 Å². The van der Waals surface area contributed by atoms with E-state index < -0.39 is 0 Å². The molecule has 0 unspecified atom stereocenters. The van der Waals surface area contributed by atoms with E-state index in [2.05, 4.69) is 39.7 Å². The number of H-pyrrole nitrogens is 1. The van der Waals surface area contributed by atoms with Crippen LogP contribution in [0.1, 0.15) is 51.6 Å². The lowest BCUT2D eigenvalue weighted by molar-refractivity contribution is 0.283. The molecule has 1 fully saturated rings. The molecule has 1 aromatic rings. The number of rotatable bonds is 6. The summed E-state index contributed by atoms with van der Waals surface area (Å²) in [5.74, 6) is 0.904. The molecule has 0 saturated heterocycles. The van der Waals surface area contributed by atoms with E-state index in [4.69, 9.17) is 0 Å². The molecular weight excluding hydrogens is 250 g/mol. The van der Waals surface area contributed by atoms with Crippen LogP contribution >= 0.6 is 0 Å². The van der Waals surface area contributed by atoms with Gasteiger partial charge in [0.05, 0.1) is 12.2 Å². The molecule has 0 bridgehead atoms. The quantitative estimate of drug-likeness (QED) is 0.553. The van der Waals surface area contributed by atoms with Gasteiger partial charge in [0.15, 0.2) is 5.96 Å². The van der Waals surface area contributed by atoms with Gasteiger partial charge in [-0.25, -0.2) is 4.99 Å². The second-order valence-electron chi connectivity index (χ2n) is 5.69. The summed E-state index contributed by atoms with van der Waals surface area (Å²) in [6, 6.07) is 1.96. The van der Waals surface area contributed by atoms with Crippen molar-refractivity contribution in [2.24, 2.45) is 10.4 Å². The number of hydrogen-bond donors (Lipinski definition) is 3. The summed E-state index contributed by atoms with van der Waals surface area (Å²) in [5, 5.41) is 13.7. The van der Waals surface area contributed by atoms with E-state index in [0.717, 1.165) is 24.7 Å². The first-order chi connectivity index (χ1) is 9.78. The predicted molar refractivity (Wildman–Crippen MR) is 82.6 cm³/mol. The van der Waals surface area contributed by atoms with E-state index >= 15 is 0 Å². The van der Waals surface area contributed by atoms with Crippen LogP contribution in [0.4, 0.5) is 0 Å². The molecule has 1 saturated carbocycles. The van der Waals surface area contributed by atoms with Crippen LogP contribution in [0.3, 0.4) is 0 Å². The fourth-order valence-electron chi connectivity index (χ4n) is 2.93. The molecule has 0 aliphatic heterocycles. The van der Waals surface area contributed by atoms with Gasteiger partial charge in [-0.3, -0.25) is 5.10 Å². The predicted octanol–water partition coefficient (Wildman–Crippen LogP) is 2.44. The summed E-state index contributed by atoms with van der Waals surface area (Å²) in [4.78, 5) is 4.61. The van der Waals surface area contributed by atoms with Crippen molar-refractivity contribution in [3.8, 4) is 0 Å². The summed E-state index contributed by atoms with van der Waals surface area (Å²) >= 11 is 0. The van der Waals surface area contributed by atoms with Crippen molar-refractivity contribution in [3.63, 3.8) is 0 Å². The highest BCUT2D eigenvalue weighted by molar-refractivity contribution is 5.79. The fourth-order valence-corrected chi connectivity index (χ4v) is 2.93. The molecule has 0 aromatic carbocycles. The van der Waals surface area contributed by atoms with E-state index in [1.807, 2.05) is 6.07 Å². The summed E-state index contributed by atoms with van der Waals surface area (Å²) < 4.78 is 0. The lowest BCUT2D eigenvalue weighted by atomic mass is 9.83. The minimum absolute atomic E-state index is 0.476. The van der Waals surface area contributed by atoms with Crippen LogP contribution in [0, 0.1) is 5.41 Å².